The van der Waals surface area contributed by atoms with Crippen molar-refractivity contribution in [3.8, 4) is 0 Å². The molecular weight excluding hydrogens is 308 g/mol. The van der Waals surface area contributed by atoms with Gasteiger partial charge in [-0.05, 0) is 43.2 Å². The Morgan fingerprint density at radius 2 is 1.56 bits per heavy atom. The third-order valence-corrected chi connectivity index (χ3v) is 4.96. The first-order chi connectivity index (χ1) is 11.8. The molecule has 4 heteroatoms. The van der Waals surface area contributed by atoms with Gasteiger partial charge in [0.1, 0.15) is 5.52 Å². The third-order valence-electron chi connectivity index (χ3n) is 4.96. The van der Waals surface area contributed by atoms with Crippen LogP contribution < -0.4 is 0 Å². The first-order valence-corrected chi connectivity index (χ1v) is 8.80. The molecule has 0 aliphatic rings. The van der Waals surface area contributed by atoms with E-state index in [9.17, 15) is 0 Å². The lowest BCUT2D eigenvalue weighted by Gasteiger charge is -2.24. The van der Waals surface area contributed by atoms with E-state index < -0.39 is 0 Å². The summed E-state index contributed by atoms with van der Waals surface area (Å²) in [6.07, 6.45) is 0. The molecule has 0 atom stereocenters. The summed E-state index contributed by atoms with van der Waals surface area (Å²) < 4.78 is 3.25. The van der Waals surface area contributed by atoms with Crippen LogP contribution in [-0.4, -0.2) is 46.7 Å². The van der Waals surface area contributed by atoms with E-state index in [2.05, 4.69) is 76.0 Å². The third kappa shape index (κ3) is 2.76. The summed E-state index contributed by atoms with van der Waals surface area (Å²) in [7, 11) is 6.67. The largest absolute Gasteiger partial charge is 0.329 e. The van der Waals surface area contributed by atoms with E-state index in [-0.39, 0.29) is 0 Å². The summed E-state index contributed by atoms with van der Waals surface area (Å²) >= 11 is 0. The Hall–Kier alpha value is -2.46. The minimum atomic E-state index is 0.924. The predicted molar refractivity (Wildman–Crippen MR) is 105 cm³/mol. The lowest BCUT2D eigenvalue weighted by Crippen LogP contribution is -2.37. The number of para-hydroxylation sites is 1. The fourth-order valence-corrected chi connectivity index (χ4v) is 3.32. The van der Waals surface area contributed by atoms with Crippen LogP contribution in [0.25, 0.3) is 33.1 Å². The summed E-state index contributed by atoms with van der Waals surface area (Å²) in [6, 6.07) is 12.8. The zero-order valence-corrected chi connectivity index (χ0v) is 15.7. The van der Waals surface area contributed by atoms with Crippen molar-refractivity contribution in [1.29, 1.82) is 0 Å². The van der Waals surface area contributed by atoms with E-state index in [1.165, 1.54) is 22.0 Å². The maximum Gasteiger partial charge on any atom is 0.160 e. The molecule has 0 saturated carbocycles. The van der Waals surface area contributed by atoms with Crippen molar-refractivity contribution < 1.29 is 4.48 Å². The first-order valence-electron chi connectivity index (χ1n) is 8.80. The Bertz CT molecular complexity index is 1100. The lowest BCUT2D eigenvalue weighted by molar-refractivity contribution is -0.870. The molecule has 0 spiro atoms. The van der Waals surface area contributed by atoms with Gasteiger partial charge in [0, 0.05) is 5.39 Å². The van der Waals surface area contributed by atoms with Crippen LogP contribution in [0.1, 0.15) is 11.1 Å². The Morgan fingerprint density at radius 1 is 0.920 bits per heavy atom. The molecule has 4 nitrogen and oxygen atoms in total. The Labute approximate surface area is 148 Å². The standard InChI is InChI=1S/C21H25N4/c1-14-12-17-18(13-15(14)2)23-21-20(22-17)16-8-6-7-9-19(16)24(21)10-11-25(3,4)5/h6-9,12-13H,10-11H2,1-5H3/q+1. The molecule has 4 aromatic rings. The molecule has 0 aliphatic heterocycles. The van der Waals surface area contributed by atoms with Gasteiger partial charge in [0.25, 0.3) is 0 Å². The zero-order valence-electron chi connectivity index (χ0n) is 15.7. The first kappa shape index (κ1) is 16.0. The summed E-state index contributed by atoms with van der Waals surface area (Å²) in [5.41, 5.74) is 7.69. The minimum absolute atomic E-state index is 0.924. The highest BCUT2D eigenvalue weighted by Gasteiger charge is 2.16. The molecule has 2 heterocycles. The van der Waals surface area contributed by atoms with E-state index in [0.717, 1.165) is 39.8 Å². The molecule has 2 aromatic carbocycles. The second-order valence-corrected chi connectivity index (χ2v) is 8.00. The van der Waals surface area contributed by atoms with Crippen molar-refractivity contribution in [2.45, 2.75) is 20.4 Å². The SMILES string of the molecule is Cc1cc2nc3c4ccccc4n(CC[N+](C)(C)C)c3nc2cc1C. The summed E-state index contributed by atoms with van der Waals surface area (Å²) in [5, 5.41) is 1.19. The maximum absolute atomic E-state index is 5.01. The van der Waals surface area contributed by atoms with Crippen molar-refractivity contribution in [2.24, 2.45) is 0 Å². The highest BCUT2D eigenvalue weighted by Crippen LogP contribution is 2.29. The zero-order chi connectivity index (χ0) is 17.8. The van der Waals surface area contributed by atoms with Gasteiger partial charge in [0.15, 0.2) is 5.65 Å². The molecule has 0 aliphatic carbocycles. The number of rotatable bonds is 3. The average Bonchev–Trinajstić information content (AvgIpc) is 2.85. The van der Waals surface area contributed by atoms with Crippen LogP contribution in [0.5, 0.6) is 0 Å². The number of hydrogen-bond acceptors (Lipinski definition) is 2. The monoisotopic (exact) mass is 333 g/mol. The van der Waals surface area contributed by atoms with Crippen molar-refractivity contribution in [3.63, 3.8) is 0 Å². The number of nitrogens with zero attached hydrogens (tertiary/aromatic N) is 4. The van der Waals surface area contributed by atoms with Gasteiger partial charge in [-0.2, -0.15) is 0 Å². The number of quaternary nitrogens is 1. The van der Waals surface area contributed by atoms with Gasteiger partial charge in [0.2, 0.25) is 0 Å². The number of likely N-dealkylation sites (N-methyl/N-ethyl adjacent to an activating group) is 1. The van der Waals surface area contributed by atoms with Gasteiger partial charge >= 0.3 is 0 Å². The van der Waals surface area contributed by atoms with Gasteiger partial charge in [-0.3, -0.25) is 0 Å². The molecule has 0 radical (unpaired) electrons. The van der Waals surface area contributed by atoms with E-state index in [1.807, 2.05) is 0 Å². The van der Waals surface area contributed by atoms with Crippen LogP contribution in [0.3, 0.4) is 0 Å². The average molecular weight is 333 g/mol. The van der Waals surface area contributed by atoms with Gasteiger partial charge in [-0.1, -0.05) is 18.2 Å². The van der Waals surface area contributed by atoms with Gasteiger partial charge in [0.05, 0.1) is 50.8 Å². The van der Waals surface area contributed by atoms with Crippen molar-refractivity contribution in [2.75, 3.05) is 27.7 Å². The van der Waals surface area contributed by atoms with Gasteiger partial charge in [-0.25, -0.2) is 9.97 Å². The molecule has 4 rings (SSSR count). The fourth-order valence-electron chi connectivity index (χ4n) is 3.32. The second-order valence-electron chi connectivity index (χ2n) is 8.00. The molecule has 0 saturated heterocycles. The molecule has 128 valence electrons. The minimum Gasteiger partial charge on any atom is -0.329 e. The number of aryl methyl sites for hydroxylation is 2. The molecule has 0 fully saturated rings. The molecule has 2 aromatic heterocycles. The van der Waals surface area contributed by atoms with Gasteiger partial charge < -0.3 is 9.05 Å². The van der Waals surface area contributed by atoms with Crippen LogP contribution in [0, 0.1) is 13.8 Å². The number of benzene rings is 2. The van der Waals surface area contributed by atoms with Crippen LogP contribution in [0.2, 0.25) is 0 Å². The van der Waals surface area contributed by atoms with Crippen molar-refractivity contribution in [1.82, 2.24) is 14.5 Å². The molecule has 0 amide bonds. The van der Waals surface area contributed by atoms with E-state index in [0.29, 0.717) is 0 Å². The molecule has 0 bridgehead atoms. The molecular formula is C21H25N4+. The quantitative estimate of drug-likeness (QED) is 0.529. The number of hydrogen-bond donors (Lipinski definition) is 0. The Morgan fingerprint density at radius 3 is 2.24 bits per heavy atom. The van der Waals surface area contributed by atoms with Gasteiger partial charge in [-0.15, -0.1) is 0 Å². The number of aromatic nitrogens is 3. The van der Waals surface area contributed by atoms with Crippen LogP contribution in [-0.2, 0) is 6.54 Å². The maximum atomic E-state index is 5.01. The topological polar surface area (TPSA) is 30.7 Å². The van der Waals surface area contributed by atoms with Crippen LogP contribution in [0.15, 0.2) is 36.4 Å². The molecule has 0 unspecified atom stereocenters. The smallest absolute Gasteiger partial charge is 0.160 e. The Balaban J connectivity index is 2.03. The summed E-state index contributed by atoms with van der Waals surface area (Å²) in [6.45, 7) is 6.23. The number of fused-ring (bicyclic) bond motifs is 4. The highest BCUT2D eigenvalue weighted by atomic mass is 15.3. The molecule has 25 heavy (non-hydrogen) atoms. The lowest BCUT2D eigenvalue weighted by atomic mass is 10.1. The van der Waals surface area contributed by atoms with E-state index in [4.69, 9.17) is 9.97 Å². The summed E-state index contributed by atoms with van der Waals surface area (Å²) in [5.74, 6) is 0. The van der Waals surface area contributed by atoms with E-state index >= 15 is 0 Å². The van der Waals surface area contributed by atoms with Crippen molar-refractivity contribution in [3.05, 3.63) is 47.5 Å². The van der Waals surface area contributed by atoms with Crippen molar-refractivity contribution >= 4 is 33.1 Å². The van der Waals surface area contributed by atoms with Crippen LogP contribution >= 0.6 is 0 Å². The normalized spacial score (nSPS) is 12.5. The fraction of sp³-hybridized carbons (Fsp3) is 0.333. The van der Waals surface area contributed by atoms with E-state index in [1.54, 1.807) is 0 Å². The predicted octanol–water partition coefficient (Wildman–Crippen LogP) is 4.06. The summed E-state index contributed by atoms with van der Waals surface area (Å²) in [4.78, 5) is 10.00. The van der Waals surface area contributed by atoms with Crippen LogP contribution in [0.4, 0.5) is 0 Å². The molecule has 0 N–H and O–H groups in total. The Kier molecular flexibility index (Phi) is 3.55. The second kappa shape index (κ2) is 5.53. The highest BCUT2D eigenvalue weighted by molar-refractivity contribution is 6.06.